The van der Waals surface area contributed by atoms with Crippen LogP contribution in [0.1, 0.15) is 28.4 Å². The van der Waals surface area contributed by atoms with E-state index in [4.69, 9.17) is 11.2 Å². The van der Waals surface area contributed by atoms with E-state index in [1.807, 2.05) is 42.5 Å². The Bertz CT molecular complexity index is 778. The molecule has 3 rings (SSSR count). The first-order chi connectivity index (χ1) is 12.5. The quantitative estimate of drug-likeness (QED) is 0.609. The molecule has 1 aliphatic rings. The molecule has 2 aromatic carbocycles. The van der Waals surface area contributed by atoms with Crippen LogP contribution in [0.3, 0.4) is 0 Å². The van der Waals surface area contributed by atoms with E-state index in [-0.39, 0.29) is 0 Å². The molecule has 5 nitrogen and oxygen atoms in total. The Balaban J connectivity index is 1.80. The van der Waals surface area contributed by atoms with Gasteiger partial charge in [-0.2, -0.15) is 0 Å². The van der Waals surface area contributed by atoms with Crippen LogP contribution in [0.25, 0.3) is 0 Å². The van der Waals surface area contributed by atoms with Gasteiger partial charge in [0.1, 0.15) is 30.5 Å². The zero-order valence-electron chi connectivity index (χ0n) is 14.2. The molecule has 0 aromatic heterocycles. The van der Waals surface area contributed by atoms with Crippen LogP contribution in [0.2, 0.25) is 0 Å². The largest absolute Gasteiger partial charge is 0.394 e. The zero-order valence-corrected chi connectivity index (χ0v) is 14.2. The number of terminal acetylenes is 1. The Labute approximate surface area is 152 Å². The molecule has 1 heterocycles. The average molecular weight is 354 g/mol. The van der Waals surface area contributed by atoms with Crippen LogP contribution in [-0.4, -0.2) is 51.4 Å². The van der Waals surface area contributed by atoms with E-state index in [2.05, 4.69) is 5.92 Å². The SMILES string of the molecule is C#Cc1ccc(Cc2cccc(C3OC(CO)[C@@H](O)C(O)[C@H]3O)c2)cc1. The van der Waals surface area contributed by atoms with Crippen molar-refractivity contribution in [3.8, 4) is 12.3 Å². The highest BCUT2D eigenvalue weighted by atomic mass is 16.5. The number of aliphatic hydroxyl groups is 4. The monoisotopic (exact) mass is 354 g/mol. The molecule has 5 heteroatoms. The van der Waals surface area contributed by atoms with Crippen molar-refractivity contribution in [2.75, 3.05) is 6.61 Å². The summed E-state index contributed by atoms with van der Waals surface area (Å²) in [7, 11) is 0. The lowest BCUT2D eigenvalue weighted by Gasteiger charge is -2.40. The summed E-state index contributed by atoms with van der Waals surface area (Å²) < 4.78 is 5.62. The molecule has 1 aliphatic heterocycles. The van der Waals surface area contributed by atoms with Gasteiger partial charge in [-0.1, -0.05) is 42.3 Å². The molecule has 0 spiro atoms. The van der Waals surface area contributed by atoms with Gasteiger partial charge in [0.15, 0.2) is 0 Å². The Kier molecular flexibility index (Phi) is 5.72. The Morgan fingerprint density at radius 3 is 2.31 bits per heavy atom. The summed E-state index contributed by atoms with van der Waals surface area (Å²) in [5.74, 6) is 2.58. The van der Waals surface area contributed by atoms with Crippen molar-refractivity contribution in [2.24, 2.45) is 0 Å². The Morgan fingerprint density at radius 1 is 0.923 bits per heavy atom. The molecule has 3 unspecified atom stereocenters. The first kappa shape index (κ1) is 18.6. The third-order valence-corrected chi connectivity index (χ3v) is 4.70. The maximum absolute atomic E-state index is 10.3. The van der Waals surface area contributed by atoms with Gasteiger partial charge >= 0.3 is 0 Å². The molecule has 4 N–H and O–H groups in total. The number of ether oxygens (including phenoxy) is 1. The molecule has 0 aliphatic carbocycles. The van der Waals surface area contributed by atoms with E-state index in [0.29, 0.717) is 12.0 Å². The van der Waals surface area contributed by atoms with Crippen molar-refractivity contribution in [3.63, 3.8) is 0 Å². The summed E-state index contributed by atoms with van der Waals surface area (Å²) in [5.41, 5.74) is 3.60. The van der Waals surface area contributed by atoms with E-state index in [1.165, 1.54) is 0 Å². The third kappa shape index (κ3) is 3.80. The van der Waals surface area contributed by atoms with E-state index < -0.39 is 37.1 Å². The molecular formula is C21H22O5. The number of rotatable bonds is 4. The second kappa shape index (κ2) is 8.00. The van der Waals surface area contributed by atoms with Gasteiger partial charge in [-0.05, 0) is 35.2 Å². The highest BCUT2D eigenvalue weighted by Crippen LogP contribution is 2.32. The second-order valence-corrected chi connectivity index (χ2v) is 6.51. The normalized spacial score (nSPS) is 28.5. The van der Waals surface area contributed by atoms with Crippen molar-refractivity contribution in [3.05, 3.63) is 70.8 Å². The van der Waals surface area contributed by atoms with Crippen LogP contribution in [0.5, 0.6) is 0 Å². The fourth-order valence-corrected chi connectivity index (χ4v) is 3.21. The number of aliphatic hydroxyl groups excluding tert-OH is 4. The van der Waals surface area contributed by atoms with E-state index >= 15 is 0 Å². The molecule has 0 saturated carbocycles. The van der Waals surface area contributed by atoms with Crippen molar-refractivity contribution in [1.29, 1.82) is 0 Å². The van der Waals surface area contributed by atoms with Gasteiger partial charge in [-0.15, -0.1) is 6.42 Å². The lowest BCUT2D eigenvalue weighted by atomic mass is 9.90. The van der Waals surface area contributed by atoms with Crippen molar-refractivity contribution >= 4 is 0 Å². The molecule has 0 amide bonds. The van der Waals surface area contributed by atoms with Gasteiger partial charge in [-0.25, -0.2) is 0 Å². The standard InChI is InChI=1S/C21H22O5/c1-2-13-6-8-14(9-7-13)10-15-4-3-5-16(11-15)21-20(25)19(24)18(23)17(12-22)26-21/h1,3-9,11,17-25H,10,12H2/t17?,18-,19?,20-,21?/m1/s1. The summed E-state index contributed by atoms with van der Waals surface area (Å²) in [6.45, 7) is -0.442. The molecule has 1 saturated heterocycles. The Morgan fingerprint density at radius 2 is 1.65 bits per heavy atom. The molecule has 2 aromatic rings. The highest BCUT2D eigenvalue weighted by molar-refractivity contribution is 5.37. The van der Waals surface area contributed by atoms with Gasteiger partial charge in [0, 0.05) is 5.56 Å². The summed E-state index contributed by atoms with van der Waals surface area (Å²) in [5, 5.41) is 39.5. The van der Waals surface area contributed by atoms with Gasteiger partial charge < -0.3 is 25.2 Å². The number of benzene rings is 2. The van der Waals surface area contributed by atoms with Crippen LogP contribution >= 0.6 is 0 Å². The van der Waals surface area contributed by atoms with E-state index in [0.717, 1.165) is 16.7 Å². The van der Waals surface area contributed by atoms with E-state index in [1.54, 1.807) is 6.07 Å². The van der Waals surface area contributed by atoms with Crippen LogP contribution in [0.4, 0.5) is 0 Å². The third-order valence-electron chi connectivity index (χ3n) is 4.70. The minimum atomic E-state index is -1.38. The maximum Gasteiger partial charge on any atom is 0.113 e. The topological polar surface area (TPSA) is 90.2 Å². The molecule has 0 radical (unpaired) electrons. The van der Waals surface area contributed by atoms with Crippen LogP contribution in [-0.2, 0) is 11.2 Å². The van der Waals surface area contributed by atoms with Crippen LogP contribution in [0.15, 0.2) is 48.5 Å². The maximum atomic E-state index is 10.3. The molecule has 136 valence electrons. The highest BCUT2D eigenvalue weighted by Gasteiger charge is 2.43. The Hall–Kier alpha value is -2.20. The van der Waals surface area contributed by atoms with Gasteiger partial charge in [0.05, 0.1) is 6.61 Å². The second-order valence-electron chi connectivity index (χ2n) is 6.51. The van der Waals surface area contributed by atoms with Gasteiger partial charge in [0.2, 0.25) is 0 Å². The molecule has 5 atom stereocenters. The minimum Gasteiger partial charge on any atom is -0.394 e. The van der Waals surface area contributed by atoms with Gasteiger partial charge in [-0.3, -0.25) is 0 Å². The molecule has 26 heavy (non-hydrogen) atoms. The summed E-state index contributed by atoms with van der Waals surface area (Å²) in [6, 6.07) is 15.2. The molecule has 1 fully saturated rings. The summed E-state index contributed by atoms with van der Waals surface area (Å²) in [6.07, 6.45) is 0.281. The number of hydrogen-bond acceptors (Lipinski definition) is 5. The smallest absolute Gasteiger partial charge is 0.113 e. The molecular weight excluding hydrogens is 332 g/mol. The predicted octanol–water partition coefficient (Wildman–Crippen LogP) is 0.774. The van der Waals surface area contributed by atoms with Crippen LogP contribution in [0, 0.1) is 12.3 Å². The fraction of sp³-hybridized carbons (Fsp3) is 0.333. The van der Waals surface area contributed by atoms with Gasteiger partial charge in [0.25, 0.3) is 0 Å². The van der Waals surface area contributed by atoms with Crippen molar-refractivity contribution in [1.82, 2.24) is 0 Å². The zero-order chi connectivity index (χ0) is 18.7. The van der Waals surface area contributed by atoms with Crippen molar-refractivity contribution in [2.45, 2.75) is 36.9 Å². The molecule has 0 bridgehead atoms. The average Bonchev–Trinajstić information content (AvgIpc) is 2.67. The first-order valence-corrected chi connectivity index (χ1v) is 8.48. The lowest BCUT2D eigenvalue weighted by molar-refractivity contribution is -0.231. The minimum absolute atomic E-state index is 0.442. The van der Waals surface area contributed by atoms with Crippen LogP contribution < -0.4 is 0 Å². The number of hydrogen-bond donors (Lipinski definition) is 4. The summed E-state index contributed by atoms with van der Waals surface area (Å²) in [4.78, 5) is 0. The fourth-order valence-electron chi connectivity index (χ4n) is 3.21. The first-order valence-electron chi connectivity index (χ1n) is 8.48. The summed E-state index contributed by atoms with van der Waals surface area (Å²) >= 11 is 0. The van der Waals surface area contributed by atoms with E-state index in [9.17, 15) is 20.4 Å². The predicted molar refractivity (Wildman–Crippen MR) is 96.3 cm³/mol. The lowest BCUT2D eigenvalue weighted by Crippen LogP contribution is -2.55. The van der Waals surface area contributed by atoms with Crippen molar-refractivity contribution < 1.29 is 25.2 Å².